The van der Waals surface area contributed by atoms with Crippen LogP contribution in [0.3, 0.4) is 0 Å². The van der Waals surface area contributed by atoms with E-state index in [1.165, 1.54) is 18.2 Å². The topological polar surface area (TPSA) is 152 Å². The van der Waals surface area contributed by atoms with Crippen molar-refractivity contribution in [1.29, 1.82) is 0 Å². The molecule has 0 bridgehead atoms. The Balaban J connectivity index is 1.46. The van der Waals surface area contributed by atoms with Crippen LogP contribution in [0, 0.1) is 10.1 Å². The molecule has 2 N–H and O–H groups in total. The predicted octanol–water partition coefficient (Wildman–Crippen LogP) is 4.84. The molecule has 11 nitrogen and oxygen atoms in total. The number of anilines is 2. The Kier molecular flexibility index (Phi) is 7.17. The molecule has 0 aliphatic carbocycles. The van der Waals surface area contributed by atoms with Gasteiger partial charge in [-0.2, -0.15) is 23.3 Å². The number of nitro groups is 1. The second-order valence-corrected chi connectivity index (χ2v) is 10.9. The lowest BCUT2D eigenvalue weighted by atomic mass is 10.1. The van der Waals surface area contributed by atoms with Gasteiger partial charge in [-0.05, 0) is 73.9 Å². The number of benzene rings is 2. The minimum Gasteiger partial charge on any atom is -0.457 e. The molecule has 1 fully saturated rings. The second-order valence-electron chi connectivity index (χ2n) is 9.37. The molecule has 5 rings (SSSR count). The summed E-state index contributed by atoms with van der Waals surface area (Å²) < 4.78 is 70.1. The number of nitrogens with zero attached hydrogens (tertiary/aromatic N) is 4. The zero-order valence-corrected chi connectivity index (χ0v) is 22.0. The van der Waals surface area contributed by atoms with Crippen LogP contribution in [0.25, 0.3) is 17.4 Å². The number of hydrogen-bond acceptors (Lipinski definition) is 8. The molecule has 0 radical (unpaired) electrons. The molecule has 1 saturated heterocycles. The SMILES string of the molecule is NS(=O)(=O)c1ccc(N2N=C(C(F)(F)F)/C(=C/c3ccc(-c4ccc(N5CCCCC5)c([N+](=O)[O-])c4)o3)C2=O)cc1. The lowest BCUT2D eigenvalue weighted by Crippen LogP contribution is -2.29. The van der Waals surface area contributed by atoms with Gasteiger partial charge in [0.25, 0.3) is 11.6 Å². The van der Waals surface area contributed by atoms with Crippen LogP contribution in [0.2, 0.25) is 0 Å². The molecule has 1 amide bonds. The van der Waals surface area contributed by atoms with Gasteiger partial charge in [-0.25, -0.2) is 13.6 Å². The van der Waals surface area contributed by atoms with E-state index in [-0.39, 0.29) is 27.8 Å². The van der Waals surface area contributed by atoms with Gasteiger partial charge in [0.2, 0.25) is 10.0 Å². The first-order chi connectivity index (χ1) is 19.3. The van der Waals surface area contributed by atoms with Gasteiger partial charge in [0.15, 0.2) is 5.71 Å². The van der Waals surface area contributed by atoms with Crippen LogP contribution in [0.15, 0.2) is 74.6 Å². The van der Waals surface area contributed by atoms with E-state index in [9.17, 15) is 36.5 Å². The number of hydrazone groups is 1. The van der Waals surface area contributed by atoms with Crippen LogP contribution in [0.4, 0.5) is 30.2 Å². The van der Waals surface area contributed by atoms with Crippen molar-refractivity contribution in [3.05, 3.63) is 76.0 Å². The maximum atomic E-state index is 13.8. The van der Waals surface area contributed by atoms with Crippen molar-refractivity contribution in [1.82, 2.24) is 0 Å². The Morgan fingerprint density at radius 1 is 1.02 bits per heavy atom. The number of sulfonamides is 1. The van der Waals surface area contributed by atoms with Crippen LogP contribution >= 0.6 is 0 Å². The average molecular weight is 590 g/mol. The van der Waals surface area contributed by atoms with E-state index in [1.54, 1.807) is 12.1 Å². The number of amides is 1. The summed E-state index contributed by atoms with van der Waals surface area (Å²) in [7, 11) is -4.06. The van der Waals surface area contributed by atoms with E-state index < -0.39 is 38.3 Å². The van der Waals surface area contributed by atoms with E-state index in [0.717, 1.165) is 49.6 Å². The van der Waals surface area contributed by atoms with Crippen LogP contribution in [0.1, 0.15) is 25.0 Å². The van der Waals surface area contributed by atoms with Crippen molar-refractivity contribution in [2.75, 3.05) is 23.0 Å². The minimum atomic E-state index is -5.00. The molecular formula is C26H22F3N5O6S. The zero-order chi connectivity index (χ0) is 29.5. The lowest BCUT2D eigenvalue weighted by Gasteiger charge is -2.28. The van der Waals surface area contributed by atoms with Crippen LogP contribution in [-0.2, 0) is 14.8 Å². The van der Waals surface area contributed by atoms with Gasteiger partial charge in [0, 0.05) is 24.7 Å². The Hall–Kier alpha value is -4.50. The molecule has 1 aromatic heterocycles. The van der Waals surface area contributed by atoms with Gasteiger partial charge in [-0.15, -0.1) is 0 Å². The van der Waals surface area contributed by atoms with Crippen molar-refractivity contribution in [2.24, 2.45) is 10.2 Å². The Bertz CT molecular complexity index is 1690. The molecule has 15 heteroatoms. The molecule has 2 aliphatic heterocycles. The highest BCUT2D eigenvalue weighted by atomic mass is 32.2. The van der Waals surface area contributed by atoms with Crippen molar-refractivity contribution in [3.63, 3.8) is 0 Å². The van der Waals surface area contributed by atoms with E-state index in [4.69, 9.17) is 9.56 Å². The number of rotatable bonds is 6. The smallest absolute Gasteiger partial charge is 0.435 e. The van der Waals surface area contributed by atoms with Crippen molar-refractivity contribution in [2.45, 2.75) is 30.3 Å². The Labute approximate surface area is 231 Å². The number of hydrogen-bond donors (Lipinski definition) is 1. The second kappa shape index (κ2) is 10.5. The number of carbonyl (C=O) groups is 1. The van der Waals surface area contributed by atoms with Crippen LogP contribution in [-0.4, -0.2) is 44.2 Å². The standard InChI is InChI=1S/C26H22F3N5O6S/c27-26(28,29)24-20(25(35)33(31-24)17-5-8-19(9-6-17)41(30,38)39)15-18-7-11-23(40-18)16-4-10-21(22(14-16)34(36)37)32-12-2-1-3-13-32/h4-11,14-15H,1-3,12-13H2,(H2,30,38,39)/b20-15-. The number of furan rings is 1. The Morgan fingerprint density at radius 3 is 2.32 bits per heavy atom. The fourth-order valence-electron chi connectivity index (χ4n) is 4.66. The summed E-state index contributed by atoms with van der Waals surface area (Å²) in [5, 5.41) is 20.8. The lowest BCUT2D eigenvalue weighted by molar-refractivity contribution is -0.384. The summed E-state index contributed by atoms with van der Waals surface area (Å²) in [5.74, 6) is -1.09. The highest BCUT2D eigenvalue weighted by molar-refractivity contribution is 7.89. The van der Waals surface area contributed by atoms with Gasteiger partial charge >= 0.3 is 6.18 Å². The molecule has 0 atom stereocenters. The van der Waals surface area contributed by atoms with Crippen molar-refractivity contribution >= 4 is 44.8 Å². The van der Waals surface area contributed by atoms with Crippen molar-refractivity contribution in [3.8, 4) is 11.3 Å². The third-order valence-electron chi connectivity index (χ3n) is 6.62. The molecule has 2 aliphatic rings. The normalized spacial score (nSPS) is 17.3. The molecule has 214 valence electrons. The van der Waals surface area contributed by atoms with E-state index >= 15 is 0 Å². The Morgan fingerprint density at radius 2 is 1.71 bits per heavy atom. The van der Waals surface area contributed by atoms with Crippen LogP contribution < -0.4 is 15.0 Å². The summed E-state index contributed by atoms with van der Waals surface area (Å²) in [6, 6.07) is 11.6. The predicted molar refractivity (Wildman–Crippen MR) is 144 cm³/mol. The average Bonchev–Trinajstić information content (AvgIpc) is 3.53. The van der Waals surface area contributed by atoms with Gasteiger partial charge < -0.3 is 9.32 Å². The number of alkyl halides is 3. The number of carbonyl (C=O) groups excluding carboxylic acids is 1. The zero-order valence-electron chi connectivity index (χ0n) is 21.2. The molecule has 0 spiro atoms. The summed E-state index contributed by atoms with van der Waals surface area (Å²) >= 11 is 0. The minimum absolute atomic E-state index is 0.116. The molecule has 3 heterocycles. The van der Waals surface area contributed by atoms with Gasteiger partial charge in [-0.3, -0.25) is 14.9 Å². The number of piperidine rings is 1. The number of halogens is 3. The highest BCUT2D eigenvalue weighted by Crippen LogP contribution is 2.37. The van der Waals surface area contributed by atoms with E-state index in [2.05, 4.69) is 5.10 Å². The molecule has 0 unspecified atom stereocenters. The highest BCUT2D eigenvalue weighted by Gasteiger charge is 2.47. The fraction of sp³-hybridized carbons (Fsp3) is 0.231. The van der Waals surface area contributed by atoms with E-state index in [1.807, 2.05) is 4.90 Å². The third-order valence-corrected chi connectivity index (χ3v) is 7.55. The van der Waals surface area contributed by atoms with Crippen LogP contribution in [0.5, 0.6) is 0 Å². The maximum Gasteiger partial charge on any atom is 0.435 e. The van der Waals surface area contributed by atoms with Gasteiger partial charge in [0.05, 0.1) is 21.1 Å². The monoisotopic (exact) mass is 589 g/mol. The quantitative estimate of drug-likeness (QED) is 0.245. The first-order valence-corrected chi connectivity index (χ1v) is 13.9. The van der Waals surface area contributed by atoms with E-state index in [0.29, 0.717) is 29.3 Å². The third kappa shape index (κ3) is 5.71. The number of primary sulfonamides is 1. The summed E-state index contributed by atoms with van der Waals surface area (Å²) in [6.07, 6.45) is -1.21. The fourth-order valence-corrected chi connectivity index (χ4v) is 5.17. The maximum absolute atomic E-state index is 13.8. The summed E-state index contributed by atoms with van der Waals surface area (Å²) in [4.78, 5) is 26.0. The number of nitro benzene ring substituents is 1. The van der Waals surface area contributed by atoms with Gasteiger partial charge in [0.1, 0.15) is 17.2 Å². The summed E-state index contributed by atoms with van der Waals surface area (Å²) in [5.41, 5.74) is -1.71. The van der Waals surface area contributed by atoms with Gasteiger partial charge in [-0.1, -0.05) is 0 Å². The van der Waals surface area contributed by atoms with Crippen molar-refractivity contribution < 1.29 is 35.7 Å². The molecule has 0 saturated carbocycles. The largest absolute Gasteiger partial charge is 0.457 e. The molecule has 2 aromatic carbocycles. The first kappa shape index (κ1) is 28.0. The summed E-state index contributed by atoms with van der Waals surface area (Å²) in [6.45, 7) is 1.39. The molecule has 41 heavy (non-hydrogen) atoms. The molecule has 3 aromatic rings. The number of nitrogens with two attached hydrogens (primary N) is 1. The first-order valence-electron chi connectivity index (χ1n) is 12.3. The molecular weight excluding hydrogens is 567 g/mol.